The van der Waals surface area contributed by atoms with Crippen molar-refractivity contribution in [1.82, 2.24) is 0 Å². The Labute approximate surface area is 164 Å². The van der Waals surface area contributed by atoms with Crippen molar-refractivity contribution in [2.24, 2.45) is 5.41 Å². The molecule has 4 nitrogen and oxygen atoms in total. The molecule has 1 unspecified atom stereocenters. The molecule has 1 aromatic rings. The lowest BCUT2D eigenvalue weighted by atomic mass is 9.81. The fraction of sp³-hybridized carbons (Fsp3) is 0.524. The molecule has 5 heteroatoms. The van der Waals surface area contributed by atoms with Gasteiger partial charge in [0.25, 0.3) is 0 Å². The summed E-state index contributed by atoms with van der Waals surface area (Å²) < 4.78 is 11.4. The van der Waals surface area contributed by atoms with Crippen LogP contribution in [0.5, 0.6) is 5.75 Å². The SMILES string of the molecule is CCOC(=O)C=CCC1CCCc2cc(OC(=O)C(C)(C)C)cc(Br)c21. The zero-order valence-electron chi connectivity index (χ0n) is 15.9. The first kappa shape index (κ1) is 20.7. The van der Waals surface area contributed by atoms with Crippen LogP contribution in [0.15, 0.2) is 28.8 Å². The maximum atomic E-state index is 12.1. The Bertz CT molecular complexity index is 701. The van der Waals surface area contributed by atoms with Gasteiger partial charge in [0.15, 0.2) is 0 Å². The van der Waals surface area contributed by atoms with Crippen LogP contribution in [-0.2, 0) is 20.7 Å². The van der Waals surface area contributed by atoms with E-state index < -0.39 is 5.41 Å². The van der Waals surface area contributed by atoms with E-state index in [-0.39, 0.29) is 11.9 Å². The Balaban J connectivity index is 2.16. The summed E-state index contributed by atoms with van der Waals surface area (Å²) in [6, 6.07) is 3.85. The molecule has 0 radical (unpaired) electrons. The summed E-state index contributed by atoms with van der Waals surface area (Å²) >= 11 is 3.65. The molecule has 0 saturated carbocycles. The molecule has 1 aromatic carbocycles. The molecular weight excluding hydrogens is 396 g/mol. The lowest BCUT2D eigenvalue weighted by Crippen LogP contribution is -2.25. The molecule has 0 N–H and O–H groups in total. The van der Waals surface area contributed by atoms with Gasteiger partial charge in [-0.05, 0) is 82.6 Å². The van der Waals surface area contributed by atoms with Gasteiger partial charge >= 0.3 is 11.9 Å². The van der Waals surface area contributed by atoms with Crippen molar-refractivity contribution in [3.63, 3.8) is 0 Å². The standard InChI is InChI=1S/C21H27BrO4/c1-5-25-18(23)11-7-9-14-8-6-10-15-12-16(13-17(22)19(14)15)26-20(24)21(2,3)4/h7,11-14H,5-6,8-10H2,1-4H3. The number of aryl methyl sites for hydroxylation is 1. The molecule has 0 amide bonds. The van der Waals surface area contributed by atoms with Crippen molar-refractivity contribution in [1.29, 1.82) is 0 Å². The third kappa shape index (κ3) is 5.44. The molecule has 2 rings (SSSR count). The molecule has 0 fully saturated rings. The Morgan fingerprint density at radius 3 is 2.69 bits per heavy atom. The molecule has 1 aliphatic rings. The number of allylic oxidation sites excluding steroid dienone is 1. The molecule has 0 saturated heterocycles. The van der Waals surface area contributed by atoms with E-state index >= 15 is 0 Å². The van der Waals surface area contributed by atoms with E-state index in [1.807, 2.05) is 39.0 Å². The highest BCUT2D eigenvalue weighted by molar-refractivity contribution is 9.10. The monoisotopic (exact) mass is 422 g/mol. The highest BCUT2D eigenvalue weighted by Gasteiger charge is 2.26. The Morgan fingerprint density at radius 1 is 1.31 bits per heavy atom. The first-order chi connectivity index (χ1) is 12.2. The van der Waals surface area contributed by atoms with Crippen LogP contribution in [0.1, 0.15) is 64.0 Å². The Morgan fingerprint density at radius 2 is 2.04 bits per heavy atom. The number of rotatable bonds is 5. The van der Waals surface area contributed by atoms with E-state index in [4.69, 9.17) is 9.47 Å². The fourth-order valence-electron chi connectivity index (χ4n) is 3.07. The summed E-state index contributed by atoms with van der Waals surface area (Å²) in [6.45, 7) is 7.71. The van der Waals surface area contributed by atoms with Gasteiger partial charge in [0.1, 0.15) is 5.75 Å². The van der Waals surface area contributed by atoms with E-state index in [9.17, 15) is 9.59 Å². The summed E-state index contributed by atoms with van der Waals surface area (Å²) in [7, 11) is 0. The smallest absolute Gasteiger partial charge is 0.330 e. The zero-order valence-corrected chi connectivity index (χ0v) is 17.5. The summed E-state index contributed by atoms with van der Waals surface area (Å²) in [5.41, 5.74) is 1.92. The number of carbonyl (C=O) groups excluding carboxylic acids is 2. The summed E-state index contributed by atoms with van der Waals surface area (Å²) in [5, 5.41) is 0. The van der Waals surface area contributed by atoms with Crippen LogP contribution < -0.4 is 4.74 Å². The number of halogens is 1. The van der Waals surface area contributed by atoms with Crippen molar-refractivity contribution in [3.05, 3.63) is 39.9 Å². The highest BCUT2D eigenvalue weighted by atomic mass is 79.9. The molecule has 0 heterocycles. The molecule has 0 aliphatic heterocycles. The van der Waals surface area contributed by atoms with Crippen molar-refractivity contribution in [3.8, 4) is 5.75 Å². The predicted octanol–water partition coefficient (Wildman–Crippen LogP) is 5.33. The quantitative estimate of drug-likeness (QED) is 0.365. The van der Waals surface area contributed by atoms with E-state index in [1.54, 1.807) is 6.92 Å². The normalized spacial score (nSPS) is 17.0. The van der Waals surface area contributed by atoms with Crippen LogP contribution in [-0.4, -0.2) is 18.5 Å². The number of hydrogen-bond acceptors (Lipinski definition) is 4. The minimum Gasteiger partial charge on any atom is -0.463 e. The number of ether oxygens (including phenoxy) is 2. The van der Waals surface area contributed by atoms with Crippen LogP contribution in [0.25, 0.3) is 0 Å². The Hall–Kier alpha value is -1.62. The average molecular weight is 423 g/mol. The van der Waals surface area contributed by atoms with Crippen LogP contribution in [0, 0.1) is 5.41 Å². The minimum absolute atomic E-state index is 0.242. The molecule has 26 heavy (non-hydrogen) atoms. The minimum atomic E-state index is -0.539. The lowest BCUT2D eigenvalue weighted by molar-refractivity contribution is -0.143. The molecule has 0 spiro atoms. The second-order valence-corrected chi connectivity index (χ2v) is 8.45. The molecule has 1 atom stereocenters. The predicted molar refractivity (Wildman–Crippen MR) is 105 cm³/mol. The molecule has 142 valence electrons. The summed E-state index contributed by atoms with van der Waals surface area (Å²) in [5.74, 6) is 0.380. The molecule has 0 aromatic heterocycles. The topological polar surface area (TPSA) is 52.6 Å². The van der Waals surface area contributed by atoms with E-state index in [0.29, 0.717) is 18.3 Å². The van der Waals surface area contributed by atoms with Crippen molar-refractivity contribution in [2.45, 2.75) is 59.3 Å². The van der Waals surface area contributed by atoms with Crippen LogP contribution >= 0.6 is 15.9 Å². The number of esters is 2. The van der Waals surface area contributed by atoms with Crippen LogP contribution in [0.4, 0.5) is 0 Å². The van der Waals surface area contributed by atoms with Gasteiger partial charge in [-0.3, -0.25) is 4.79 Å². The summed E-state index contributed by atoms with van der Waals surface area (Å²) in [6.07, 6.45) is 7.29. The fourth-order valence-corrected chi connectivity index (χ4v) is 3.87. The molecular formula is C21H27BrO4. The van der Waals surface area contributed by atoms with Gasteiger partial charge in [0.05, 0.1) is 12.0 Å². The van der Waals surface area contributed by atoms with E-state index in [2.05, 4.69) is 15.9 Å². The van der Waals surface area contributed by atoms with Crippen LogP contribution in [0.3, 0.4) is 0 Å². The summed E-state index contributed by atoms with van der Waals surface area (Å²) in [4.78, 5) is 23.6. The van der Waals surface area contributed by atoms with Gasteiger partial charge in [-0.15, -0.1) is 0 Å². The van der Waals surface area contributed by atoms with E-state index in [0.717, 1.165) is 30.2 Å². The first-order valence-corrected chi connectivity index (χ1v) is 9.89. The van der Waals surface area contributed by atoms with Gasteiger partial charge in [-0.1, -0.05) is 22.0 Å². The van der Waals surface area contributed by atoms with Gasteiger partial charge < -0.3 is 9.47 Å². The van der Waals surface area contributed by atoms with Crippen LogP contribution in [0.2, 0.25) is 0 Å². The number of benzene rings is 1. The van der Waals surface area contributed by atoms with Gasteiger partial charge in [0, 0.05) is 10.5 Å². The molecule has 1 aliphatic carbocycles. The average Bonchev–Trinajstić information content (AvgIpc) is 2.54. The van der Waals surface area contributed by atoms with Crippen molar-refractivity contribution >= 4 is 27.9 Å². The third-order valence-electron chi connectivity index (χ3n) is 4.38. The van der Waals surface area contributed by atoms with Crippen molar-refractivity contribution < 1.29 is 19.1 Å². The second kappa shape index (κ2) is 8.85. The highest BCUT2D eigenvalue weighted by Crippen LogP contribution is 2.41. The van der Waals surface area contributed by atoms with E-state index in [1.165, 1.54) is 17.2 Å². The third-order valence-corrected chi connectivity index (χ3v) is 5.04. The molecule has 0 bridgehead atoms. The maximum Gasteiger partial charge on any atom is 0.330 e. The number of fused-ring (bicyclic) bond motifs is 1. The maximum absolute atomic E-state index is 12.1. The largest absolute Gasteiger partial charge is 0.463 e. The second-order valence-electron chi connectivity index (χ2n) is 7.60. The lowest BCUT2D eigenvalue weighted by Gasteiger charge is -2.27. The van der Waals surface area contributed by atoms with Crippen molar-refractivity contribution in [2.75, 3.05) is 6.61 Å². The zero-order chi connectivity index (χ0) is 19.3. The first-order valence-electron chi connectivity index (χ1n) is 9.10. The number of carbonyl (C=O) groups is 2. The van der Waals surface area contributed by atoms with Gasteiger partial charge in [0.2, 0.25) is 0 Å². The van der Waals surface area contributed by atoms with Gasteiger partial charge in [-0.2, -0.15) is 0 Å². The number of hydrogen-bond donors (Lipinski definition) is 0. The van der Waals surface area contributed by atoms with Gasteiger partial charge in [-0.25, -0.2) is 4.79 Å². The Kier molecular flexibility index (Phi) is 7.04.